The zero-order valence-corrected chi connectivity index (χ0v) is 10.9. The molecule has 2 rings (SSSR count). The van der Waals surface area contributed by atoms with Gasteiger partial charge < -0.3 is 19.3 Å². The van der Waals surface area contributed by atoms with Crippen LogP contribution < -0.4 is 0 Å². The van der Waals surface area contributed by atoms with Crippen LogP contribution in [0.25, 0.3) is 0 Å². The second-order valence-corrected chi connectivity index (χ2v) is 5.31. The summed E-state index contributed by atoms with van der Waals surface area (Å²) in [5.74, 6) is 0. The molecule has 0 bridgehead atoms. The van der Waals surface area contributed by atoms with Gasteiger partial charge in [0.05, 0.1) is 6.61 Å². The Morgan fingerprint density at radius 2 is 1.78 bits per heavy atom. The molecule has 0 aromatic heterocycles. The van der Waals surface area contributed by atoms with Crippen molar-refractivity contribution in [2.75, 3.05) is 19.8 Å². The largest absolute Gasteiger partial charge is 0.379 e. The lowest BCUT2D eigenvalue weighted by Gasteiger charge is -2.26. The van der Waals surface area contributed by atoms with Crippen molar-refractivity contribution in [3.8, 4) is 0 Å². The van der Waals surface area contributed by atoms with E-state index in [-0.39, 0.29) is 6.61 Å². The summed E-state index contributed by atoms with van der Waals surface area (Å²) >= 11 is 0. The molecule has 0 aromatic rings. The summed E-state index contributed by atoms with van der Waals surface area (Å²) in [6, 6.07) is 0. The summed E-state index contributed by atoms with van der Waals surface area (Å²) in [5.41, 5.74) is -1.86. The summed E-state index contributed by atoms with van der Waals surface area (Å²) in [5, 5.41) is 9.59. The number of aliphatic hydroxyl groups is 1. The van der Waals surface area contributed by atoms with E-state index in [1.807, 2.05) is 0 Å². The summed E-state index contributed by atoms with van der Waals surface area (Å²) in [6.07, 6.45) is 2.65. The highest BCUT2D eigenvalue weighted by atomic mass is 19.1. The van der Waals surface area contributed by atoms with Crippen LogP contribution >= 0.6 is 0 Å². The van der Waals surface area contributed by atoms with E-state index in [1.54, 1.807) is 0 Å². The van der Waals surface area contributed by atoms with E-state index in [9.17, 15) is 9.50 Å². The van der Waals surface area contributed by atoms with Crippen LogP contribution in [0.2, 0.25) is 0 Å². The lowest BCUT2D eigenvalue weighted by Crippen LogP contribution is -2.44. The van der Waals surface area contributed by atoms with Gasteiger partial charge in [0.25, 0.3) is 0 Å². The Bertz CT molecular complexity index is 259. The first-order valence-corrected chi connectivity index (χ1v) is 6.84. The summed E-state index contributed by atoms with van der Waals surface area (Å²) in [4.78, 5) is 0. The second-order valence-electron chi connectivity index (χ2n) is 5.31. The normalized spacial score (nSPS) is 43.8. The minimum atomic E-state index is -1.86. The molecular formula is C13H23FO4. The molecule has 2 aliphatic rings. The van der Waals surface area contributed by atoms with Gasteiger partial charge in [-0.1, -0.05) is 19.3 Å². The van der Waals surface area contributed by atoms with E-state index in [0.717, 1.165) is 32.1 Å². The number of alkyl halides is 1. The predicted molar refractivity (Wildman–Crippen MR) is 64.0 cm³/mol. The summed E-state index contributed by atoms with van der Waals surface area (Å²) < 4.78 is 30.6. The van der Waals surface area contributed by atoms with Crippen LogP contribution in [-0.4, -0.2) is 49.1 Å². The Balaban J connectivity index is 1.97. The van der Waals surface area contributed by atoms with Gasteiger partial charge in [-0.3, -0.25) is 0 Å². The first-order chi connectivity index (χ1) is 8.62. The Hall–Kier alpha value is -0.230. The highest BCUT2D eigenvalue weighted by Gasteiger charge is 2.55. The fourth-order valence-corrected chi connectivity index (χ4v) is 2.52. The molecule has 2 fully saturated rings. The van der Waals surface area contributed by atoms with E-state index in [1.165, 1.54) is 6.92 Å². The van der Waals surface area contributed by atoms with E-state index < -0.39 is 24.2 Å². The Morgan fingerprint density at radius 3 is 2.56 bits per heavy atom. The molecule has 0 amide bonds. The van der Waals surface area contributed by atoms with E-state index in [4.69, 9.17) is 14.2 Å². The van der Waals surface area contributed by atoms with Crippen molar-refractivity contribution in [3.63, 3.8) is 0 Å². The van der Waals surface area contributed by atoms with Crippen molar-refractivity contribution >= 4 is 0 Å². The molecule has 0 aromatic carbocycles. The van der Waals surface area contributed by atoms with Gasteiger partial charge in [-0.25, -0.2) is 4.39 Å². The molecule has 0 aliphatic carbocycles. The number of rotatable bonds is 0. The first kappa shape index (κ1) is 14.2. The lowest BCUT2D eigenvalue weighted by molar-refractivity contribution is -0.146. The number of hydrogen-bond acceptors (Lipinski definition) is 4. The predicted octanol–water partition coefficient (Wildman–Crippen LogP) is 1.80. The maximum Gasteiger partial charge on any atom is 0.192 e. The van der Waals surface area contributed by atoms with Crippen LogP contribution in [0, 0.1) is 0 Å². The third-order valence-electron chi connectivity index (χ3n) is 3.69. The molecule has 18 heavy (non-hydrogen) atoms. The minimum absolute atomic E-state index is 0.279. The van der Waals surface area contributed by atoms with Crippen molar-refractivity contribution in [3.05, 3.63) is 0 Å². The fourth-order valence-electron chi connectivity index (χ4n) is 2.52. The minimum Gasteiger partial charge on any atom is -0.379 e. The van der Waals surface area contributed by atoms with Gasteiger partial charge in [0.1, 0.15) is 12.2 Å². The summed E-state index contributed by atoms with van der Waals surface area (Å²) in [7, 11) is 0. The van der Waals surface area contributed by atoms with Crippen LogP contribution in [0.1, 0.15) is 39.0 Å². The number of halogens is 1. The molecule has 0 saturated carbocycles. The Kier molecular flexibility index (Phi) is 4.95. The summed E-state index contributed by atoms with van der Waals surface area (Å²) in [6.45, 7) is 2.78. The van der Waals surface area contributed by atoms with E-state index in [0.29, 0.717) is 13.2 Å². The average Bonchev–Trinajstić information content (AvgIpc) is 2.51. The fraction of sp³-hybridized carbons (Fsp3) is 1.00. The SMILES string of the molecule is C[C@]1(F)C(O)O[C@@H]2COCCCCCCCO[C@H]21. The molecule has 1 N–H and O–H groups in total. The highest BCUT2D eigenvalue weighted by molar-refractivity contribution is 4.98. The molecule has 106 valence electrons. The zero-order valence-electron chi connectivity index (χ0n) is 10.9. The van der Waals surface area contributed by atoms with Crippen molar-refractivity contribution in [2.24, 2.45) is 0 Å². The number of fused-ring (bicyclic) bond motifs is 1. The topological polar surface area (TPSA) is 47.9 Å². The maximum absolute atomic E-state index is 14.3. The van der Waals surface area contributed by atoms with Gasteiger partial charge in [-0.05, 0) is 19.8 Å². The smallest absolute Gasteiger partial charge is 0.192 e. The van der Waals surface area contributed by atoms with Crippen molar-refractivity contribution < 1.29 is 23.7 Å². The van der Waals surface area contributed by atoms with Crippen molar-refractivity contribution in [2.45, 2.75) is 63.2 Å². The second kappa shape index (κ2) is 6.28. The molecule has 4 atom stereocenters. The lowest BCUT2D eigenvalue weighted by atomic mass is 9.99. The average molecular weight is 262 g/mol. The van der Waals surface area contributed by atoms with Crippen LogP contribution in [0.4, 0.5) is 4.39 Å². The molecule has 2 heterocycles. The van der Waals surface area contributed by atoms with Crippen LogP contribution in [0.15, 0.2) is 0 Å². The molecule has 2 saturated heterocycles. The standard InChI is InChI=1S/C13H23FO4/c1-13(14)11-10(18-12(13)15)9-16-7-5-3-2-4-6-8-17-11/h10-12,15H,2-9H2,1H3/t10-,11-,12?,13-/m1/s1. The molecule has 0 radical (unpaired) electrons. The quantitative estimate of drug-likeness (QED) is 0.723. The van der Waals surface area contributed by atoms with Crippen LogP contribution in [0.3, 0.4) is 0 Å². The molecule has 5 heteroatoms. The number of ether oxygens (including phenoxy) is 3. The molecule has 2 aliphatic heterocycles. The van der Waals surface area contributed by atoms with Gasteiger partial charge >= 0.3 is 0 Å². The van der Waals surface area contributed by atoms with Crippen molar-refractivity contribution in [1.29, 1.82) is 0 Å². The van der Waals surface area contributed by atoms with Gasteiger partial charge in [-0.15, -0.1) is 0 Å². The highest BCUT2D eigenvalue weighted by Crippen LogP contribution is 2.35. The first-order valence-electron chi connectivity index (χ1n) is 6.84. The van der Waals surface area contributed by atoms with E-state index in [2.05, 4.69) is 0 Å². The molecule has 4 nitrogen and oxygen atoms in total. The van der Waals surface area contributed by atoms with Crippen molar-refractivity contribution in [1.82, 2.24) is 0 Å². The monoisotopic (exact) mass is 262 g/mol. The zero-order chi connectivity index (χ0) is 13.0. The Morgan fingerprint density at radius 1 is 1.11 bits per heavy atom. The van der Waals surface area contributed by atoms with Crippen LogP contribution in [0.5, 0.6) is 0 Å². The van der Waals surface area contributed by atoms with Gasteiger partial charge in [-0.2, -0.15) is 0 Å². The number of aliphatic hydroxyl groups excluding tert-OH is 1. The third kappa shape index (κ3) is 3.20. The molecule has 1 unspecified atom stereocenters. The molecular weight excluding hydrogens is 239 g/mol. The Labute approximate surface area is 107 Å². The van der Waals surface area contributed by atoms with Crippen LogP contribution in [-0.2, 0) is 14.2 Å². The van der Waals surface area contributed by atoms with E-state index >= 15 is 0 Å². The third-order valence-corrected chi connectivity index (χ3v) is 3.69. The van der Waals surface area contributed by atoms with Gasteiger partial charge in [0.2, 0.25) is 0 Å². The van der Waals surface area contributed by atoms with Gasteiger partial charge in [0.15, 0.2) is 12.0 Å². The number of hydrogen-bond donors (Lipinski definition) is 1. The van der Waals surface area contributed by atoms with Gasteiger partial charge in [0, 0.05) is 13.2 Å². The molecule has 0 spiro atoms. The maximum atomic E-state index is 14.3.